The molecule has 0 spiro atoms. The van der Waals surface area contributed by atoms with Gasteiger partial charge in [-0.05, 0) is 17.6 Å². The lowest BCUT2D eigenvalue weighted by Crippen LogP contribution is -1.95. The van der Waals surface area contributed by atoms with Crippen molar-refractivity contribution in [1.29, 1.82) is 0 Å². The number of azo groups is 1. The summed E-state index contributed by atoms with van der Waals surface area (Å²) >= 11 is 0. The maximum Gasteiger partial charge on any atom is 0.205 e. The number of rotatable bonds is 0. The fourth-order valence-electron chi connectivity index (χ4n) is 0.443. The van der Waals surface area contributed by atoms with Gasteiger partial charge in [0, 0.05) is 0 Å². The van der Waals surface area contributed by atoms with E-state index in [-0.39, 0.29) is 0 Å². The highest BCUT2D eigenvalue weighted by Crippen LogP contribution is 1.92. The van der Waals surface area contributed by atoms with Crippen molar-refractivity contribution >= 4 is 0 Å². The lowest BCUT2D eigenvalue weighted by Gasteiger charge is -1.95. The Morgan fingerprint density at radius 2 is 2.57 bits per heavy atom. The first-order valence-corrected chi connectivity index (χ1v) is 2.20. The molecule has 0 atom stereocenters. The van der Waals surface area contributed by atoms with Gasteiger partial charge in [-0.2, -0.15) is 0 Å². The highest BCUT2D eigenvalue weighted by Gasteiger charge is 1.92. The van der Waals surface area contributed by atoms with Gasteiger partial charge in [-0.1, -0.05) is 4.86 Å². The molecule has 1 aliphatic rings. The minimum atomic E-state index is 0.587. The van der Waals surface area contributed by atoms with E-state index in [0.29, 0.717) is 11.4 Å². The molecule has 0 saturated carbocycles. The zero-order valence-electron chi connectivity index (χ0n) is 3.87. The van der Waals surface area contributed by atoms with Crippen molar-refractivity contribution in [3.63, 3.8) is 0 Å². The summed E-state index contributed by atoms with van der Waals surface area (Å²) in [6.07, 6.45) is 4.13. The van der Waals surface area contributed by atoms with Gasteiger partial charge in [-0.25, -0.2) is 0 Å². The van der Waals surface area contributed by atoms with E-state index in [0.717, 1.165) is 6.42 Å². The molecular formula is C4H6N2O. The van der Waals surface area contributed by atoms with E-state index >= 15 is 0 Å². The molecule has 3 nitrogen and oxygen atoms in total. The smallest absolute Gasteiger partial charge is 0.205 e. The maximum absolute atomic E-state index is 10.1. The zero-order valence-corrected chi connectivity index (χ0v) is 3.87. The minimum Gasteiger partial charge on any atom is -0.595 e. The Hall–Kier alpha value is -0.860. The Bertz CT molecular complexity index is 117. The molecular weight excluding hydrogens is 92.1 g/mol. The first-order chi connectivity index (χ1) is 3.39. The van der Waals surface area contributed by atoms with Crippen LogP contribution in [0.1, 0.15) is 6.42 Å². The third-order valence-corrected chi connectivity index (χ3v) is 0.768. The van der Waals surface area contributed by atoms with E-state index in [1.54, 1.807) is 6.08 Å². The molecule has 1 heterocycles. The fourth-order valence-corrected chi connectivity index (χ4v) is 0.443. The van der Waals surface area contributed by atoms with Crippen LogP contribution in [-0.4, -0.2) is 11.4 Å². The third-order valence-electron chi connectivity index (χ3n) is 0.768. The van der Waals surface area contributed by atoms with Gasteiger partial charge in [0.05, 0.1) is 0 Å². The van der Waals surface area contributed by atoms with Gasteiger partial charge >= 0.3 is 0 Å². The largest absolute Gasteiger partial charge is 0.595 e. The van der Waals surface area contributed by atoms with Gasteiger partial charge in [0.15, 0.2) is 0 Å². The van der Waals surface area contributed by atoms with Crippen molar-refractivity contribution in [3.8, 4) is 0 Å². The van der Waals surface area contributed by atoms with Gasteiger partial charge in [-0.15, -0.1) is 0 Å². The molecule has 0 aliphatic carbocycles. The first-order valence-electron chi connectivity index (χ1n) is 2.20. The van der Waals surface area contributed by atoms with E-state index in [2.05, 4.69) is 5.11 Å². The van der Waals surface area contributed by atoms with Gasteiger partial charge in [0.2, 0.25) is 6.20 Å². The maximum atomic E-state index is 10.1. The van der Waals surface area contributed by atoms with Gasteiger partial charge in [-0.3, -0.25) is 0 Å². The number of hydrogen-bond acceptors (Lipinski definition) is 2. The second-order valence-corrected chi connectivity index (χ2v) is 1.34. The zero-order chi connectivity index (χ0) is 5.11. The molecule has 0 unspecified atom stereocenters. The van der Waals surface area contributed by atoms with Crippen molar-refractivity contribution in [2.75, 3.05) is 6.54 Å². The van der Waals surface area contributed by atoms with Crippen LogP contribution in [0.4, 0.5) is 0 Å². The fraction of sp³-hybridized carbons (Fsp3) is 0.500. The normalized spacial score (nSPS) is 19.1. The van der Waals surface area contributed by atoms with Crippen molar-refractivity contribution in [1.82, 2.24) is 0 Å². The molecule has 0 saturated heterocycles. The molecule has 0 aromatic heterocycles. The molecule has 0 amide bonds. The predicted octanol–water partition coefficient (Wildman–Crippen LogP) is 0.866. The highest BCUT2D eigenvalue weighted by atomic mass is 16.5. The van der Waals surface area contributed by atoms with Crippen LogP contribution < -0.4 is 0 Å². The molecule has 38 valence electrons. The number of hydroxylamine groups is 1. The van der Waals surface area contributed by atoms with E-state index in [4.69, 9.17) is 0 Å². The van der Waals surface area contributed by atoms with E-state index in [1.165, 1.54) is 6.20 Å². The highest BCUT2D eigenvalue weighted by molar-refractivity contribution is 4.74. The van der Waals surface area contributed by atoms with Crippen molar-refractivity contribution < 1.29 is 4.86 Å². The molecule has 0 bridgehead atoms. The second-order valence-electron chi connectivity index (χ2n) is 1.34. The third kappa shape index (κ3) is 0.994. The SMILES string of the molecule is [O-][N+]1=NCCC=C1. The lowest BCUT2D eigenvalue weighted by molar-refractivity contribution is -0.461. The van der Waals surface area contributed by atoms with E-state index < -0.39 is 0 Å². The van der Waals surface area contributed by atoms with Crippen LogP contribution in [0.25, 0.3) is 0 Å². The quantitative estimate of drug-likeness (QED) is 0.327. The molecule has 1 rings (SSSR count). The summed E-state index contributed by atoms with van der Waals surface area (Å²) in [5, 5.41) is 13.6. The van der Waals surface area contributed by atoms with Crippen LogP contribution in [0.5, 0.6) is 0 Å². The Morgan fingerprint density at radius 3 is 2.86 bits per heavy atom. The molecule has 0 fully saturated rings. The molecule has 0 N–H and O–H groups in total. The van der Waals surface area contributed by atoms with Crippen LogP contribution in [0.2, 0.25) is 0 Å². The molecule has 0 aromatic rings. The average Bonchev–Trinajstić information content (AvgIpc) is 1.69. The van der Waals surface area contributed by atoms with Gasteiger partial charge in [0.1, 0.15) is 6.54 Å². The molecule has 7 heavy (non-hydrogen) atoms. The summed E-state index contributed by atoms with van der Waals surface area (Å²) in [6.45, 7) is 0.639. The number of nitrogens with zero attached hydrogens (tertiary/aromatic N) is 2. The first kappa shape index (κ1) is 4.30. The van der Waals surface area contributed by atoms with Crippen LogP contribution in [-0.2, 0) is 0 Å². The Labute approximate surface area is 41.5 Å². The Kier molecular flexibility index (Phi) is 1.06. The molecule has 1 aliphatic heterocycles. The Morgan fingerprint density at radius 1 is 1.71 bits per heavy atom. The number of hydrogen-bond donors (Lipinski definition) is 0. The summed E-state index contributed by atoms with van der Waals surface area (Å²) in [6, 6.07) is 0. The molecule has 3 heteroatoms. The topological polar surface area (TPSA) is 38.4 Å². The van der Waals surface area contributed by atoms with Crippen molar-refractivity contribution in [3.05, 3.63) is 17.5 Å². The van der Waals surface area contributed by atoms with Crippen molar-refractivity contribution in [2.24, 2.45) is 5.11 Å². The van der Waals surface area contributed by atoms with E-state index in [9.17, 15) is 5.21 Å². The summed E-state index contributed by atoms with van der Waals surface area (Å²) in [4.78, 5) is 0.587. The summed E-state index contributed by atoms with van der Waals surface area (Å²) in [5.41, 5.74) is 0. The predicted molar refractivity (Wildman–Crippen MR) is 24.7 cm³/mol. The lowest BCUT2D eigenvalue weighted by atomic mass is 10.4. The van der Waals surface area contributed by atoms with Crippen molar-refractivity contribution in [2.45, 2.75) is 6.42 Å². The summed E-state index contributed by atoms with van der Waals surface area (Å²) < 4.78 is 0. The van der Waals surface area contributed by atoms with Crippen LogP contribution in [0.3, 0.4) is 0 Å². The Balaban J connectivity index is 2.58. The van der Waals surface area contributed by atoms with Crippen LogP contribution >= 0.6 is 0 Å². The second kappa shape index (κ2) is 1.73. The minimum absolute atomic E-state index is 0.587. The van der Waals surface area contributed by atoms with E-state index in [1.807, 2.05) is 0 Å². The molecule has 0 radical (unpaired) electrons. The van der Waals surface area contributed by atoms with Gasteiger partial charge in [0.25, 0.3) is 0 Å². The molecule has 0 aromatic carbocycles. The summed E-state index contributed by atoms with van der Waals surface area (Å²) in [5.74, 6) is 0. The average molecular weight is 98.1 g/mol. The van der Waals surface area contributed by atoms with Gasteiger partial charge < -0.3 is 5.21 Å². The standard InChI is InChI=1S/C4H6N2O/c7-6-4-2-1-3-5-6/h2,4H,1,3H2. The van der Waals surface area contributed by atoms with Crippen LogP contribution in [0, 0.1) is 5.21 Å². The summed E-state index contributed by atoms with van der Waals surface area (Å²) in [7, 11) is 0. The van der Waals surface area contributed by atoms with Crippen LogP contribution in [0.15, 0.2) is 17.4 Å². The monoisotopic (exact) mass is 98.0 g/mol.